The van der Waals surface area contributed by atoms with Gasteiger partial charge in [-0.1, -0.05) is 24.3 Å². The Kier molecular flexibility index (Phi) is 5.69. The summed E-state index contributed by atoms with van der Waals surface area (Å²) >= 11 is 0. The van der Waals surface area contributed by atoms with Gasteiger partial charge >= 0.3 is 6.18 Å². The van der Waals surface area contributed by atoms with Gasteiger partial charge in [0.25, 0.3) is 0 Å². The third-order valence-corrected chi connectivity index (χ3v) is 4.39. The molecule has 0 saturated heterocycles. The second-order valence-corrected chi connectivity index (χ2v) is 6.50. The number of benzene rings is 2. The Balaban J connectivity index is 1.80. The summed E-state index contributed by atoms with van der Waals surface area (Å²) in [5.74, 6) is -0.965. The van der Waals surface area contributed by atoms with Gasteiger partial charge in [-0.05, 0) is 35.7 Å². The van der Waals surface area contributed by atoms with Crippen LogP contribution in [0.5, 0.6) is 0 Å². The molecule has 0 fully saturated rings. The van der Waals surface area contributed by atoms with E-state index in [0.29, 0.717) is 6.61 Å². The van der Waals surface area contributed by atoms with Gasteiger partial charge in [0.1, 0.15) is 0 Å². The van der Waals surface area contributed by atoms with Crippen molar-refractivity contribution in [1.82, 2.24) is 0 Å². The molecule has 8 heteroatoms. The van der Waals surface area contributed by atoms with Crippen molar-refractivity contribution in [2.24, 2.45) is 0 Å². The van der Waals surface area contributed by atoms with Gasteiger partial charge in [0.2, 0.25) is 11.8 Å². The molecule has 1 unspecified atom stereocenters. The van der Waals surface area contributed by atoms with Crippen molar-refractivity contribution in [2.45, 2.75) is 32.0 Å². The summed E-state index contributed by atoms with van der Waals surface area (Å²) in [7, 11) is 0. The SMILES string of the molecule is CC(=O)Nc1ccc(C(F)(F)F)cc1NC(=O)CC1OCCc2ccccc21. The lowest BCUT2D eigenvalue weighted by Crippen LogP contribution is -2.23. The Morgan fingerprint density at radius 3 is 2.57 bits per heavy atom. The average molecular weight is 392 g/mol. The van der Waals surface area contributed by atoms with Crippen molar-refractivity contribution >= 4 is 23.2 Å². The lowest BCUT2D eigenvalue weighted by Gasteiger charge is -2.25. The van der Waals surface area contributed by atoms with E-state index in [9.17, 15) is 22.8 Å². The quantitative estimate of drug-likeness (QED) is 0.815. The number of hydrogen-bond donors (Lipinski definition) is 2. The summed E-state index contributed by atoms with van der Waals surface area (Å²) in [6, 6.07) is 10.4. The van der Waals surface area contributed by atoms with Crippen LogP contribution in [-0.4, -0.2) is 18.4 Å². The maximum atomic E-state index is 13.0. The summed E-state index contributed by atoms with van der Waals surface area (Å²) in [4.78, 5) is 23.8. The standard InChI is InChI=1S/C20H19F3N2O3/c1-12(26)24-16-7-6-14(20(21,22)23)10-17(16)25-19(27)11-18-15-5-3-2-4-13(15)8-9-28-18/h2-7,10,18H,8-9,11H2,1H3,(H,24,26)(H,25,27). The van der Waals surface area contributed by atoms with Gasteiger partial charge in [0.15, 0.2) is 0 Å². The van der Waals surface area contributed by atoms with Crippen LogP contribution < -0.4 is 10.6 Å². The first kappa shape index (κ1) is 19.9. The monoisotopic (exact) mass is 392 g/mol. The first-order chi connectivity index (χ1) is 13.2. The van der Waals surface area contributed by atoms with E-state index < -0.39 is 29.7 Å². The van der Waals surface area contributed by atoms with Crippen LogP contribution in [0.25, 0.3) is 0 Å². The number of fused-ring (bicyclic) bond motifs is 1. The molecular formula is C20H19F3N2O3. The van der Waals surface area contributed by atoms with Crippen LogP contribution in [0.15, 0.2) is 42.5 Å². The number of carbonyl (C=O) groups excluding carboxylic acids is 2. The van der Waals surface area contributed by atoms with Crippen LogP contribution in [0.3, 0.4) is 0 Å². The van der Waals surface area contributed by atoms with Crippen LogP contribution >= 0.6 is 0 Å². The van der Waals surface area contributed by atoms with E-state index in [1.54, 1.807) is 0 Å². The summed E-state index contributed by atoms with van der Waals surface area (Å²) in [6.07, 6.45) is -4.35. The minimum atomic E-state index is -4.57. The maximum Gasteiger partial charge on any atom is 0.416 e. The number of alkyl halides is 3. The number of anilines is 2. The molecule has 2 N–H and O–H groups in total. The summed E-state index contributed by atoms with van der Waals surface area (Å²) in [5, 5.41) is 4.90. The summed E-state index contributed by atoms with van der Waals surface area (Å²) in [6.45, 7) is 1.70. The minimum absolute atomic E-state index is 0.0488. The fraction of sp³-hybridized carbons (Fsp3) is 0.300. The van der Waals surface area contributed by atoms with E-state index in [4.69, 9.17) is 4.74 Å². The zero-order valence-electron chi connectivity index (χ0n) is 15.1. The molecular weight excluding hydrogens is 373 g/mol. The zero-order valence-corrected chi connectivity index (χ0v) is 15.1. The molecule has 0 spiro atoms. The maximum absolute atomic E-state index is 13.0. The van der Waals surface area contributed by atoms with Gasteiger partial charge in [-0.3, -0.25) is 9.59 Å². The molecule has 0 saturated carbocycles. The van der Waals surface area contributed by atoms with Gasteiger partial charge in [-0.25, -0.2) is 0 Å². The van der Waals surface area contributed by atoms with E-state index in [1.807, 2.05) is 24.3 Å². The minimum Gasteiger partial charge on any atom is -0.373 e. The van der Waals surface area contributed by atoms with Crippen LogP contribution in [0.4, 0.5) is 24.5 Å². The number of nitrogens with one attached hydrogen (secondary N) is 2. The Morgan fingerprint density at radius 2 is 1.86 bits per heavy atom. The van der Waals surface area contributed by atoms with Crippen LogP contribution in [0, 0.1) is 0 Å². The predicted octanol–water partition coefficient (Wildman–Crippen LogP) is 4.31. The average Bonchev–Trinajstić information content (AvgIpc) is 2.62. The summed E-state index contributed by atoms with van der Waals surface area (Å²) in [5.41, 5.74) is 1.05. The van der Waals surface area contributed by atoms with Crippen molar-refractivity contribution in [3.05, 3.63) is 59.2 Å². The largest absolute Gasteiger partial charge is 0.416 e. The van der Waals surface area contributed by atoms with Gasteiger partial charge in [-0.15, -0.1) is 0 Å². The smallest absolute Gasteiger partial charge is 0.373 e. The Morgan fingerprint density at radius 1 is 1.11 bits per heavy atom. The van der Waals surface area contributed by atoms with Gasteiger partial charge in [0, 0.05) is 6.92 Å². The Hall–Kier alpha value is -2.87. The van der Waals surface area contributed by atoms with E-state index in [2.05, 4.69) is 10.6 Å². The molecule has 2 aromatic rings. The first-order valence-electron chi connectivity index (χ1n) is 8.72. The number of amides is 2. The van der Waals surface area contributed by atoms with Gasteiger partial charge < -0.3 is 15.4 Å². The number of ether oxygens (including phenoxy) is 1. The molecule has 0 aromatic heterocycles. The second kappa shape index (κ2) is 8.02. The van der Waals surface area contributed by atoms with Crippen molar-refractivity contribution in [3.8, 4) is 0 Å². The molecule has 3 rings (SSSR count). The molecule has 0 aliphatic carbocycles. The Bertz CT molecular complexity index is 897. The molecule has 1 heterocycles. The number of halogens is 3. The highest BCUT2D eigenvalue weighted by molar-refractivity contribution is 5.99. The molecule has 2 aromatic carbocycles. The van der Waals surface area contributed by atoms with Gasteiger partial charge in [0.05, 0.1) is 36.1 Å². The normalized spacial score (nSPS) is 16.2. The molecule has 0 bridgehead atoms. The topological polar surface area (TPSA) is 67.4 Å². The van der Waals surface area contributed by atoms with E-state index in [-0.39, 0.29) is 17.8 Å². The zero-order chi connectivity index (χ0) is 20.3. The van der Waals surface area contributed by atoms with Crippen molar-refractivity contribution in [1.29, 1.82) is 0 Å². The molecule has 1 aliphatic rings. The lowest BCUT2D eigenvalue weighted by molar-refractivity contribution is -0.137. The van der Waals surface area contributed by atoms with Gasteiger partial charge in [-0.2, -0.15) is 13.2 Å². The van der Waals surface area contributed by atoms with Crippen molar-refractivity contribution < 1.29 is 27.5 Å². The molecule has 0 radical (unpaired) electrons. The number of rotatable bonds is 4. The van der Waals surface area contributed by atoms with Crippen LogP contribution in [0.1, 0.15) is 36.1 Å². The van der Waals surface area contributed by atoms with Crippen LogP contribution in [-0.2, 0) is 26.9 Å². The lowest BCUT2D eigenvalue weighted by atomic mass is 9.95. The fourth-order valence-corrected chi connectivity index (χ4v) is 3.14. The highest BCUT2D eigenvalue weighted by atomic mass is 19.4. The number of hydrogen-bond acceptors (Lipinski definition) is 3. The molecule has 148 valence electrons. The molecule has 1 atom stereocenters. The molecule has 5 nitrogen and oxygen atoms in total. The highest BCUT2D eigenvalue weighted by Gasteiger charge is 2.31. The molecule has 2 amide bonds. The van der Waals surface area contributed by atoms with E-state index in [0.717, 1.165) is 35.7 Å². The van der Waals surface area contributed by atoms with E-state index >= 15 is 0 Å². The first-order valence-corrected chi connectivity index (χ1v) is 8.72. The summed E-state index contributed by atoms with van der Waals surface area (Å²) < 4.78 is 44.7. The highest BCUT2D eigenvalue weighted by Crippen LogP contribution is 2.35. The van der Waals surface area contributed by atoms with Crippen molar-refractivity contribution in [2.75, 3.05) is 17.2 Å². The van der Waals surface area contributed by atoms with E-state index in [1.165, 1.54) is 6.92 Å². The molecule has 28 heavy (non-hydrogen) atoms. The van der Waals surface area contributed by atoms with Crippen molar-refractivity contribution in [3.63, 3.8) is 0 Å². The third kappa shape index (κ3) is 4.69. The third-order valence-electron chi connectivity index (χ3n) is 4.39. The predicted molar refractivity (Wildman–Crippen MR) is 97.8 cm³/mol. The number of carbonyl (C=O) groups is 2. The second-order valence-electron chi connectivity index (χ2n) is 6.50. The molecule has 1 aliphatic heterocycles. The Labute approximate surface area is 159 Å². The fourth-order valence-electron chi connectivity index (χ4n) is 3.14. The van der Waals surface area contributed by atoms with Crippen LogP contribution in [0.2, 0.25) is 0 Å².